The summed E-state index contributed by atoms with van der Waals surface area (Å²) >= 11 is 0. The van der Waals surface area contributed by atoms with E-state index < -0.39 is 43.5 Å². The molecule has 0 fully saturated rings. The summed E-state index contributed by atoms with van der Waals surface area (Å²) in [5, 5.41) is 5.42. The maximum atomic E-state index is 14.6. The van der Waals surface area contributed by atoms with E-state index in [9.17, 15) is 36.0 Å². The fourth-order valence-corrected chi connectivity index (χ4v) is 13.2. The zero-order valence-corrected chi connectivity index (χ0v) is 43.4. The van der Waals surface area contributed by atoms with Gasteiger partial charge in [-0.1, -0.05) is 141 Å². The fraction of sp³-hybridized carbons (Fsp3) is 0.390. The fourth-order valence-electron chi connectivity index (χ4n) is 11.0. The number of hydrogen-bond donors (Lipinski definition) is 0. The molecule has 0 aliphatic carbocycles. The van der Waals surface area contributed by atoms with E-state index in [1.165, 1.54) is 113 Å². The lowest BCUT2D eigenvalue weighted by Gasteiger charge is -2.30. The first-order valence-electron chi connectivity index (χ1n) is 26.2. The molecule has 72 heavy (non-hydrogen) atoms. The van der Waals surface area contributed by atoms with Gasteiger partial charge in [-0.3, -0.25) is 19.2 Å². The third kappa shape index (κ3) is 9.67. The monoisotopic (exact) mass is 1010 g/mol. The third-order valence-corrected chi connectivity index (χ3v) is 18.0. The van der Waals surface area contributed by atoms with Gasteiger partial charge in [-0.05, 0) is 118 Å². The van der Waals surface area contributed by atoms with Crippen molar-refractivity contribution in [1.29, 1.82) is 0 Å². The van der Waals surface area contributed by atoms with Crippen molar-refractivity contribution < 1.29 is 36.0 Å². The average molecular weight is 1010 g/mol. The van der Waals surface area contributed by atoms with Crippen molar-refractivity contribution in [3.8, 4) is 0 Å². The quantitative estimate of drug-likeness (QED) is 0.0238. The molecule has 0 N–H and O–H groups in total. The van der Waals surface area contributed by atoms with Gasteiger partial charge >= 0.3 is 0 Å². The SMILES string of the molecule is CCCCCCCCCCCN(CCCCCCCCCCC)S(=O)(=O)c1ccc(N2C(=O)c3ccc4c5ccc6c7c(ccc(c8ccc(c3c48)C2=O)c75)C(=O)N(c2ccc(S(C)(=O)=O)cc2)C6=O)cc1. The average Bonchev–Trinajstić information content (AvgIpc) is 3.37. The van der Waals surface area contributed by atoms with Gasteiger partial charge in [0.2, 0.25) is 10.0 Å². The molecule has 2 heterocycles. The predicted molar refractivity (Wildman–Crippen MR) is 289 cm³/mol. The van der Waals surface area contributed by atoms with Gasteiger partial charge in [-0.15, -0.1) is 0 Å². The normalized spacial score (nSPS) is 14.2. The lowest BCUT2D eigenvalue weighted by molar-refractivity contribution is 0.0877. The smallest absolute Gasteiger partial charge is 0.265 e. The Morgan fingerprint density at radius 3 is 0.958 bits per heavy atom. The largest absolute Gasteiger partial charge is 0.268 e. The van der Waals surface area contributed by atoms with E-state index in [0.717, 1.165) is 76.1 Å². The molecule has 7 aromatic rings. The Labute approximate surface area is 423 Å². The number of hydrogen-bond acceptors (Lipinski definition) is 8. The molecule has 2 aliphatic heterocycles. The van der Waals surface area contributed by atoms with Crippen molar-refractivity contribution in [2.75, 3.05) is 29.1 Å². The van der Waals surface area contributed by atoms with E-state index in [1.807, 2.05) is 24.3 Å². The van der Waals surface area contributed by atoms with Crippen molar-refractivity contribution in [1.82, 2.24) is 4.31 Å². The van der Waals surface area contributed by atoms with Crippen molar-refractivity contribution >= 4 is 98.0 Å². The van der Waals surface area contributed by atoms with Gasteiger partial charge in [0.05, 0.1) is 21.2 Å². The second kappa shape index (κ2) is 21.6. The van der Waals surface area contributed by atoms with Crippen molar-refractivity contribution in [2.45, 2.75) is 139 Å². The number of sulfone groups is 1. The molecule has 0 aromatic heterocycles. The second-order valence-corrected chi connectivity index (χ2v) is 23.8. The van der Waals surface area contributed by atoms with Crippen molar-refractivity contribution in [3.63, 3.8) is 0 Å². The van der Waals surface area contributed by atoms with E-state index in [1.54, 1.807) is 40.7 Å². The van der Waals surface area contributed by atoms with Crippen LogP contribution in [0.3, 0.4) is 0 Å². The molecule has 376 valence electrons. The summed E-state index contributed by atoms with van der Waals surface area (Å²) in [5.41, 5.74) is 1.80. The summed E-state index contributed by atoms with van der Waals surface area (Å²) in [6.07, 6.45) is 21.6. The molecule has 7 aromatic carbocycles. The van der Waals surface area contributed by atoms with Crippen LogP contribution in [0.5, 0.6) is 0 Å². The Morgan fingerprint density at radius 1 is 0.361 bits per heavy atom. The van der Waals surface area contributed by atoms with Crippen LogP contribution in [0.25, 0.3) is 43.1 Å². The van der Waals surface area contributed by atoms with Crippen LogP contribution in [0.15, 0.2) is 107 Å². The lowest BCUT2D eigenvalue weighted by atomic mass is 9.82. The second-order valence-electron chi connectivity index (χ2n) is 19.9. The van der Waals surface area contributed by atoms with Crippen LogP contribution in [-0.4, -0.2) is 64.1 Å². The van der Waals surface area contributed by atoms with Crippen LogP contribution in [-0.2, 0) is 19.9 Å². The first-order valence-corrected chi connectivity index (χ1v) is 29.5. The highest BCUT2D eigenvalue weighted by Crippen LogP contribution is 2.47. The number of carbonyl (C=O) groups excluding carboxylic acids is 4. The molecule has 0 saturated heterocycles. The number of nitrogens with zero attached hydrogens (tertiary/aromatic N) is 3. The Morgan fingerprint density at radius 2 is 0.653 bits per heavy atom. The van der Waals surface area contributed by atoms with E-state index >= 15 is 0 Å². The van der Waals surface area contributed by atoms with Crippen LogP contribution in [0.4, 0.5) is 11.4 Å². The van der Waals surface area contributed by atoms with Crippen molar-refractivity contribution in [2.24, 2.45) is 0 Å². The Hall–Kier alpha value is -6.02. The van der Waals surface area contributed by atoms with Gasteiger partial charge in [0, 0.05) is 52.4 Å². The maximum Gasteiger partial charge on any atom is 0.265 e. The molecule has 13 heteroatoms. The molecule has 0 spiro atoms. The number of benzene rings is 7. The molecule has 0 radical (unpaired) electrons. The number of sulfonamides is 1. The van der Waals surface area contributed by atoms with E-state index in [4.69, 9.17) is 0 Å². The summed E-state index contributed by atoms with van der Waals surface area (Å²) < 4.78 is 54.6. The van der Waals surface area contributed by atoms with Crippen LogP contribution < -0.4 is 9.80 Å². The topological polar surface area (TPSA) is 146 Å². The molecular weight excluding hydrogens is 943 g/mol. The number of rotatable bonds is 25. The van der Waals surface area contributed by atoms with E-state index in [0.29, 0.717) is 56.9 Å². The molecule has 0 saturated carbocycles. The number of imide groups is 2. The lowest BCUT2D eigenvalue weighted by Crippen LogP contribution is -2.40. The van der Waals surface area contributed by atoms with Gasteiger partial charge in [-0.25, -0.2) is 26.6 Å². The summed E-state index contributed by atoms with van der Waals surface area (Å²) in [6.45, 7) is 5.34. The van der Waals surface area contributed by atoms with Crippen LogP contribution in [0, 0.1) is 0 Å². The summed E-state index contributed by atoms with van der Waals surface area (Å²) in [5.74, 6) is -2.13. The number of anilines is 2. The molecule has 4 amide bonds. The van der Waals surface area contributed by atoms with Crippen molar-refractivity contribution in [3.05, 3.63) is 119 Å². The van der Waals surface area contributed by atoms with Gasteiger partial charge in [-0.2, -0.15) is 4.31 Å². The minimum atomic E-state index is -3.86. The maximum absolute atomic E-state index is 14.6. The molecule has 0 bridgehead atoms. The highest BCUT2D eigenvalue weighted by atomic mass is 32.2. The highest BCUT2D eigenvalue weighted by molar-refractivity contribution is 7.90. The molecule has 9 rings (SSSR count). The Bertz CT molecular complexity index is 3280. The number of carbonyl (C=O) groups is 4. The molecule has 11 nitrogen and oxygen atoms in total. The molecular formula is C59H65N3O8S2. The Balaban J connectivity index is 0.966. The van der Waals surface area contributed by atoms with Gasteiger partial charge in [0.15, 0.2) is 9.84 Å². The number of fused-ring (bicyclic) bond motifs is 2. The number of unbranched alkanes of at least 4 members (excludes halogenated alkanes) is 16. The predicted octanol–water partition coefficient (Wildman–Crippen LogP) is 13.8. The van der Waals surface area contributed by atoms with Gasteiger partial charge in [0.1, 0.15) is 0 Å². The Kier molecular flexibility index (Phi) is 15.3. The first-order chi connectivity index (χ1) is 34.8. The van der Waals surface area contributed by atoms with Crippen LogP contribution in [0.1, 0.15) is 171 Å². The standard InChI is InChI=1S/C59H65N3O8S2/c1-4-6-8-10-12-14-16-18-20-38-60(39-21-19-17-15-13-11-9-7-5-2)72(69,70)43-28-24-41(25-29-43)62-58(65)50-36-32-46-44-30-34-48-54-49(57(64)61(56(48)63)40-22-26-42(27-23-40)71(3,67)68)35-31-45(52(44)54)47-33-37-51(59(62)66)55(50)53(46)47/h22-37H,4-21,38-39H2,1-3H3. The summed E-state index contributed by atoms with van der Waals surface area (Å²) in [4.78, 5) is 59.9. The minimum absolute atomic E-state index is 0.0690. The minimum Gasteiger partial charge on any atom is -0.268 e. The molecule has 0 unspecified atom stereocenters. The number of amides is 4. The summed E-state index contributed by atoms with van der Waals surface area (Å²) in [7, 11) is -7.36. The van der Waals surface area contributed by atoms with Crippen LogP contribution >= 0.6 is 0 Å². The third-order valence-electron chi connectivity index (χ3n) is 14.9. The van der Waals surface area contributed by atoms with E-state index in [2.05, 4.69) is 13.8 Å². The van der Waals surface area contributed by atoms with Gasteiger partial charge < -0.3 is 0 Å². The first kappa shape index (κ1) is 50.9. The highest BCUT2D eigenvalue weighted by Gasteiger charge is 2.38. The molecule has 0 atom stereocenters. The van der Waals surface area contributed by atoms with Gasteiger partial charge in [0.25, 0.3) is 23.6 Å². The molecule has 2 aliphatic rings. The zero-order chi connectivity index (χ0) is 50.7. The van der Waals surface area contributed by atoms with E-state index in [-0.39, 0.29) is 21.2 Å². The zero-order valence-electron chi connectivity index (χ0n) is 41.8. The van der Waals surface area contributed by atoms with Crippen LogP contribution in [0.2, 0.25) is 0 Å². The summed E-state index contributed by atoms with van der Waals surface area (Å²) in [6, 6.07) is 25.9.